The van der Waals surface area contributed by atoms with Crippen LogP contribution in [0.5, 0.6) is 0 Å². The first-order chi connectivity index (χ1) is 4.80. The zero-order valence-electron chi connectivity index (χ0n) is 5.44. The highest BCUT2D eigenvalue weighted by molar-refractivity contribution is 5.84. The summed E-state index contributed by atoms with van der Waals surface area (Å²) in [5.41, 5.74) is 0. The van der Waals surface area contributed by atoms with E-state index < -0.39 is 5.97 Å². The fourth-order valence-electron chi connectivity index (χ4n) is 0.400. The summed E-state index contributed by atoms with van der Waals surface area (Å²) >= 11 is 0. The molecule has 0 radical (unpaired) electrons. The van der Waals surface area contributed by atoms with E-state index >= 15 is 0 Å². The third-order valence-electron chi connectivity index (χ3n) is 0.732. The molecule has 1 rings (SSSR count). The number of hydrogen-bond acceptors (Lipinski definition) is 3. The van der Waals surface area contributed by atoms with E-state index in [0.29, 0.717) is 0 Å². The molecule has 0 amide bonds. The summed E-state index contributed by atoms with van der Waals surface area (Å²) < 4.78 is 4.50. The van der Waals surface area contributed by atoms with Crippen molar-refractivity contribution in [2.45, 2.75) is 0 Å². The van der Waals surface area contributed by atoms with E-state index in [1.165, 1.54) is 18.4 Å². The first kappa shape index (κ1) is 8.71. The fourth-order valence-corrected chi connectivity index (χ4v) is 0.400. The number of rotatable bonds is 1. The number of furan rings is 1. The number of aliphatic hydroxyl groups is 1. The van der Waals surface area contributed by atoms with Crippen LogP contribution in [0.25, 0.3) is 0 Å². The zero-order valence-corrected chi connectivity index (χ0v) is 5.44. The van der Waals surface area contributed by atoms with Crippen LogP contribution in [-0.4, -0.2) is 23.3 Å². The van der Waals surface area contributed by atoms with Gasteiger partial charge in [0.05, 0.1) is 6.26 Å². The lowest BCUT2D eigenvalue weighted by Gasteiger charge is -1.79. The van der Waals surface area contributed by atoms with E-state index in [4.69, 9.17) is 10.2 Å². The van der Waals surface area contributed by atoms with Crippen LogP contribution in [0.4, 0.5) is 0 Å². The second-order valence-electron chi connectivity index (χ2n) is 1.28. The van der Waals surface area contributed by atoms with Crippen LogP contribution in [0.3, 0.4) is 0 Å². The molecule has 0 aliphatic carbocycles. The summed E-state index contributed by atoms with van der Waals surface area (Å²) in [5, 5.41) is 15.2. The molecule has 0 bridgehead atoms. The van der Waals surface area contributed by atoms with Gasteiger partial charge in [0, 0.05) is 7.11 Å². The maximum atomic E-state index is 9.97. The first-order valence-electron chi connectivity index (χ1n) is 2.52. The minimum atomic E-state index is -1.03. The van der Waals surface area contributed by atoms with E-state index in [1.807, 2.05) is 0 Å². The van der Waals surface area contributed by atoms with Gasteiger partial charge in [-0.2, -0.15) is 0 Å². The molecule has 0 atom stereocenters. The minimum absolute atomic E-state index is 0.0231. The zero-order chi connectivity index (χ0) is 7.98. The molecule has 0 saturated carbocycles. The standard InChI is InChI=1S/C5H4O3.CH4O/c6-5(7)4-2-1-3-8-4;1-2/h1-3H,(H,6,7);2H,1H3. The lowest BCUT2D eigenvalue weighted by molar-refractivity contribution is 0.0662. The summed E-state index contributed by atoms with van der Waals surface area (Å²) in [5.74, 6) is -1.06. The van der Waals surface area contributed by atoms with Crippen LogP contribution in [0.1, 0.15) is 10.6 Å². The van der Waals surface area contributed by atoms with Crippen LogP contribution < -0.4 is 0 Å². The summed E-state index contributed by atoms with van der Waals surface area (Å²) in [7, 11) is 1.00. The largest absolute Gasteiger partial charge is 0.475 e. The Morgan fingerprint density at radius 3 is 2.40 bits per heavy atom. The van der Waals surface area contributed by atoms with Gasteiger partial charge < -0.3 is 14.6 Å². The number of carboxylic acid groups (broad SMARTS) is 1. The average molecular weight is 144 g/mol. The molecule has 0 fully saturated rings. The Labute approximate surface area is 57.7 Å². The van der Waals surface area contributed by atoms with Gasteiger partial charge in [-0.1, -0.05) is 0 Å². The average Bonchev–Trinajstić information content (AvgIpc) is 2.42. The third kappa shape index (κ3) is 2.32. The van der Waals surface area contributed by atoms with Gasteiger partial charge in [-0.3, -0.25) is 0 Å². The van der Waals surface area contributed by atoms with E-state index in [2.05, 4.69) is 4.42 Å². The Bertz CT molecular complexity index is 178. The molecule has 0 aromatic carbocycles. The van der Waals surface area contributed by atoms with Crippen molar-refractivity contribution in [3.63, 3.8) is 0 Å². The fraction of sp³-hybridized carbons (Fsp3) is 0.167. The molecule has 0 unspecified atom stereocenters. The van der Waals surface area contributed by atoms with E-state index in [1.54, 1.807) is 0 Å². The lowest BCUT2D eigenvalue weighted by Crippen LogP contribution is -1.90. The van der Waals surface area contributed by atoms with Crippen molar-refractivity contribution in [1.29, 1.82) is 0 Å². The monoisotopic (exact) mass is 144 g/mol. The highest BCUT2D eigenvalue weighted by atomic mass is 16.4. The summed E-state index contributed by atoms with van der Waals surface area (Å²) in [6.07, 6.45) is 1.32. The van der Waals surface area contributed by atoms with Crippen LogP contribution in [0.15, 0.2) is 22.8 Å². The van der Waals surface area contributed by atoms with Crippen molar-refractivity contribution in [2.24, 2.45) is 0 Å². The molecule has 1 aromatic rings. The van der Waals surface area contributed by atoms with Gasteiger partial charge in [-0.05, 0) is 12.1 Å². The van der Waals surface area contributed by atoms with Gasteiger partial charge in [0.15, 0.2) is 0 Å². The van der Waals surface area contributed by atoms with Gasteiger partial charge in [-0.15, -0.1) is 0 Å². The summed E-state index contributed by atoms with van der Waals surface area (Å²) in [6.45, 7) is 0. The maximum absolute atomic E-state index is 9.97. The Hall–Kier alpha value is -1.29. The number of aliphatic hydroxyl groups excluding tert-OH is 1. The number of hydrogen-bond donors (Lipinski definition) is 2. The van der Waals surface area contributed by atoms with Crippen molar-refractivity contribution in [3.05, 3.63) is 24.2 Å². The number of carbonyl (C=O) groups is 1. The molecule has 0 saturated heterocycles. The Morgan fingerprint density at radius 1 is 1.60 bits per heavy atom. The normalized spacial score (nSPS) is 7.80. The molecule has 0 aliphatic heterocycles. The highest BCUT2D eigenvalue weighted by Gasteiger charge is 2.01. The summed E-state index contributed by atoms with van der Waals surface area (Å²) in [4.78, 5) is 9.97. The minimum Gasteiger partial charge on any atom is -0.475 e. The second kappa shape index (κ2) is 4.58. The van der Waals surface area contributed by atoms with Gasteiger partial charge in [0.1, 0.15) is 0 Å². The Morgan fingerprint density at radius 2 is 2.20 bits per heavy atom. The van der Waals surface area contributed by atoms with Crippen molar-refractivity contribution in [2.75, 3.05) is 7.11 Å². The SMILES string of the molecule is CO.O=C(O)c1ccco1. The Balaban J connectivity index is 0.000000371. The van der Waals surface area contributed by atoms with Gasteiger partial charge >= 0.3 is 5.97 Å². The number of carboxylic acids is 1. The predicted octanol–water partition coefficient (Wildman–Crippen LogP) is 0.586. The van der Waals surface area contributed by atoms with Crippen molar-refractivity contribution >= 4 is 5.97 Å². The summed E-state index contributed by atoms with van der Waals surface area (Å²) in [6, 6.07) is 2.92. The molecule has 0 aliphatic rings. The Kier molecular flexibility index (Phi) is 3.99. The molecule has 10 heavy (non-hydrogen) atoms. The van der Waals surface area contributed by atoms with Gasteiger partial charge in [0.25, 0.3) is 0 Å². The molecule has 1 heterocycles. The van der Waals surface area contributed by atoms with Crippen LogP contribution in [0.2, 0.25) is 0 Å². The maximum Gasteiger partial charge on any atom is 0.371 e. The number of aromatic carboxylic acids is 1. The molecular formula is C6H8O4. The molecule has 0 spiro atoms. The van der Waals surface area contributed by atoms with Crippen molar-refractivity contribution in [1.82, 2.24) is 0 Å². The lowest BCUT2D eigenvalue weighted by atomic mass is 10.5. The van der Waals surface area contributed by atoms with Crippen LogP contribution in [0, 0.1) is 0 Å². The quantitative estimate of drug-likeness (QED) is 0.605. The molecule has 56 valence electrons. The van der Waals surface area contributed by atoms with E-state index in [9.17, 15) is 4.79 Å². The molecule has 4 heteroatoms. The van der Waals surface area contributed by atoms with Gasteiger partial charge in [0.2, 0.25) is 5.76 Å². The molecular weight excluding hydrogens is 136 g/mol. The first-order valence-corrected chi connectivity index (χ1v) is 2.52. The van der Waals surface area contributed by atoms with Gasteiger partial charge in [-0.25, -0.2) is 4.79 Å². The van der Waals surface area contributed by atoms with Crippen LogP contribution in [-0.2, 0) is 0 Å². The molecule has 1 aromatic heterocycles. The smallest absolute Gasteiger partial charge is 0.371 e. The third-order valence-corrected chi connectivity index (χ3v) is 0.732. The van der Waals surface area contributed by atoms with Crippen molar-refractivity contribution < 1.29 is 19.4 Å². The predicted molar refractivity (Wildman–Crippen MR) is 33.8 cm³/mol. The van der Waals surface area contributed by atoms with Crippen molar-refractivity contribution in [3.8, 4) is 0 Å². The van der Waals surface area contributed by atoms with E-state index in [-0.39, 0.29) is 5.76 Å². The van der Waals surface area contributed by atoms with Crippen LogP contribution >= 0.6 is 0 Å². The second-order valence-corrected chi connectivity index (χ2v) is 1.28. The highest BCUT2D eigenvalue weighted by Crippen LogP contribution is 1.97. The topological polar surface area (TPSA) is 70.7 Å². The molecule has 2 N–H and O–H groups in total. The van der Waals surface area contributed by atoms with E-state index in [0.717, 1.165) is 7.11 Å². The molecule has 4 nitrogen and oxygen atoms in total.